The molecule has 24 heavy (non-hydrogen) atoms. The van der Waals surface area contributed by atoms with Crippen LogP contribution in [0.2, 0.25) is 5.02 Å². The molecule has 0 aliphatic rings. The van der Waals surface area contributed by atoms with Crippen LogP contribution < -0.4 is 15.2 Å². The highest BCUT2D eigenvalue weighted by atomic mass is 35.5. The van der Waals surface area contributed by atoms with Gasteiger partial charge in [-0.05, 0) is 36.8 Å². The van der Waals surface area contributed by atoms with Gasteiger partial charge in [0.25, 0.3) is 0 Å². The molecule has 124 valence electrons. The van der Waals surface area contributed by atoms with Gasteiger partial charge >= 0.3 is 0 Å². The molecule has 6 nitrogen and oxygen atoms in total. The molecule has 0 amide bonds. The van der Waals surface area contributed by atoms with Crippen LogP contribution in [-0.4, -0.2) is 28.3 Å². The van der Waals surface area contributed by atoms with Gasteiger partial charge in [0.2, 0.25) is 0 Å². The van der Waals surface area contributed by atoms with Crippen molar-refractivity contribution < 1.29 is 9.47 Å². The predicted octanol–water partition coefficient (Wildman–Crippen LogP) is 3.54. The maximum absolute atomic E-state index is 6.05. The standard InChI is InChI=1S/C17H17ClN4O2/c1-3-24-14-6-4-11(8-15(14)23-2)5-7-16-20-21-17-13(19)9-12(18)10-22(16)17/h4-10H,3,19H2,1-2H3/b7-5+. The van der Waals surface area contributed by atoms with Gasteiger partial charge in [0.05, 0.1) is 24.4 Å². The largest absolute Gasteiger partial charge is 0.493 e. The van der Waals surface area contributed by atoms with Gasteiger partial charge in [-0.3, -0.25) is 4.40 Å². The quantitative estimate of drug-likeness (QED) is 0.766. The summed E-state index contributed by atoms with van der Waals surface area (Å²) in [6, 6.07) is 7.36. The number of ether oxygens (including phenoxy) is 2. The third kappa shape index (κ3) is 3.14. The lowest BCUT2D eigenvalue weighted by molar-refractivity contribution is 0.311. The summed E-state index contributed by atoms with van der Waals surface area (Å²) in [5.41, 5.74) is 7.90. The van der Waals surface area contributed by atoms with Gasteiger partial charge in [-0.25, -0.2) is 0 Å². The molecule has 0 aliphatic carbocycles. The molecule has 3 aromatic rings. The fraction of sp³-hybridized carbons (Fsp3) is 0.176. The Kier molecular flexibility index (Phi) is 4.57. The monoisotopic (exact) mass is 344 g/mol. The Morgan fingerprint density at radius 3 is 2.79 bits per heavy atom. The van der Waals surface area contributed by atoms with E-state index in [9.17, 15) is 0 Å². The number of anilines is 1. The zero-order valence-electron chi connectivity index (χ0n) is 13.4. The number of nitrogens with zero attached hydrogens (tertiary/aromatic N) is 3. The van der Waals surface area contributed by atoms with Crippen LogP contribution in [0, 0.1) is 0 Å². The zero-order chi connectivity index (χ0) is 17.1. The SMILES string of the molecule is CCOc1ccc(/C=C/c2nnc3c(N)cc(Cl)cn23)cc1OC. The van der Waals surface area contributed by atoms with Crippen molar-refractivity contribution in [2.24, 2.45) is 0 Å². The lowest BCUT2D eigenvalue weighted by Gasteiger charge is -2.09. The molecule has 0 saturated carbocycles. The average molecular weight is 345 g/mol. The smallest absolute Gasteiger partial charge is 0.184 e. The summed E-state index contributed by atoms with van der Waals surface area (Å²) in [4.78, 5) is 0. The van der Waals surface area contributed by atoms with Crippen molar-refractivity contribution in [1.29, 1.82) is 0 Å². The van der Waals surface area contributed by atoms with Crippen molar-refractivity contribution >= 4 is 35.1 Å². The van der Waals surface area contributed by atoms with Crippen LogP contribution in [0.4, 0.5) is 5.69 Å². The Labute approximate surface area is 144 Å². The van der Waals surface area contributed by atoms with Crippen molar-refractivity contribution in [2.75, 3.05) is 19.5 Å². The molecule has 0 saturated heterocycles. The number of nitrogens with two attached hydrogens (primary N) is 1. The van der Waals surface area contributed by atoms with Gasteiger partial charge in [0.1, 0.15) is 0 Å². The van der Waals surface area contributed by atoms with Gasteiger partial charge in [0.15, 0.2) is 23.0 Å². The first-order valence-electron chi connectivity index (χ1n) is 7.41. The van der Waals surface area contributed by atoms with Crippen molar-refractivity contribution in [3.63, 3.8) is 0 Å². The Morgan fingerprint density at radius 2 is 2.04 bits per heavy atom. The highest BCUT2D eigenvalue weighted by molar-refractivity contribution is 6.30. The first kappa shape index (κ1) is 16.1. The predicted molar refractivity (Wildman–Crippen MR) is 95.5 cm³/mol. The topological polar surface area (TPSA) is 74.7 Å². The Morgan fingerprint density at radius 1 is 1.21 bits per heavy atom. The van der Waals surface area contributed by atoms with Crippen LogP contribution >= 0.6 is 11.6 Å². The first-order chi connectivity index (χ1) is 11.6. The number of nitrogen functional groups attached to an aromatic ring is 1. The van der Waals surface area contributed by atoms with Crippen molar-refractivity contribution in [1.82, 2.24) is 14.6 Å². The molecule has 2 aromatic heterocycles. The van der Waals surface area contributed by atoms with E-state index in [4.69, 9.17) is 26.8 Å². The van der Waals surface area contributed by atoms with Gasteiger partial charge in [0, 0.05) is 6.20 Å². The number of methoxy groups -OCH3 is 1. The van der Waals surface area contributed by atoms with E-state index < -0.39 is 0 Å². The van der Waals surface area contributed by atoms with Gasteiger partial charge < -0.3 is 15.2 Å². The summed E-state index contributed by atoms with van der Waals surface area (Å²) in [6.07, 6.45) is 5.47. The number of fused-ring (bicyclic) bond motifs is 1. The molecule has 0 radical (unpaired) electrons. The molecule has 2 heterocycles. The van der Waals surface area contributed by atoms with E-state index in [1.807, 2.05) is 37.3 Å². The molecule has 0 bridgehead atoms. The minimum absolute atomic E-state index is 0.484. The minimum Gasteiger partial charge on any atom is -0.493 e. The number of benzene rings is 1. The van der Waals surface area contributed by atoms with Gasteiger partial charge in [-0.1, -0.05) is 23.7 Å². The summed E-state index contributed by atoms with van der Waals surface area (Å²) >= 11 is 6.05. The van der Waals surface area contributed by atoms with Crippen LogP contribution in [0.1, 0.15) is 18.3 Å². The van der Waals surface area contributed by atoms with Crippen LogP contribution in [0.15, 0.2) is 30.5 Å². The number of hydrogen-bond acceptors (Lipinski definition) is 5. The van der Waals surface area contributed by atoms with E-state index in [0.717, 1.165) is 5.56 Å². The maximum atomic E-state index is 6.05. The molecular weight excluding hydrogens is 328 g/mol. The molecule has 0 fully saturated rings. The van der Waals surface area contributed by atoms with Crippen LogP contribution in [0.25, 0.3) is 17.8 Å². The molecule has 2 N–H and O–H groups in total. The third-order valence-corrected chi connectivity index (χ3v) is 3.65. The number of pyridine rings is 1. The average Bonchev–Trinajstić information content (AvgIpc) is 2.97. The molecule has 0 unspecified atom stereocenters. The highest BCUT2D eigenvalue weighted by Gasteiger charge is 2.08. The van der Waals surface area contributed by atoms with Crippen molar-refractivity contribution in [2.45, 2.75) is 6.92 Å². The maximum Gasteiger partial charge on any atom is 0.184 e. The summed E-state index contributed by atoms with van der Waals surface area (Å²) < 4.78 is 12.6. The van der Waals surface area contributed by atoms with Gasteiger partial charge in [-0.15, -0.1) is 10.2 Å². The van der Waals surface area contributed by atoms with Crippen molar-refractivity contribution in [3.8, 4) is 11.5 Å². The minimum atomic E-state index is 0.484. The normalized spacial score (nSPS) is 11.3. The number of rotatable bonds is 5. The Balaban J connectivity index is 1.94. The molecule has 0 spiro atoms. The lowest BCUT2D eigenvalue weighted by Crippen LogP contribution is -1.95. The van der Waals surface area contributed by atoms with Crippen LogP contribution in [-0.2, 0) is 0 Å². The second kappa shape index (κ2) is 6.80. The Bertz CT molecular complexity index is 905. The fourth-order valence-electron chi connectivity index (χ4n) is 2.35. The van der Waals surface area contributed by atoms with E-state index >= 15 is 0 Å². The van der Waals surface area contributed by atoms with E-state index in [1.54, 1.807) is 23.8 Å². The fourth-order valence-corrected chi connectivity index (χ4v) is 2.56. The zero-order valence-corrected chi connectivity index (χ0v) is 14.1. The third-order valence-electron chi connectivity index (χ3n) is 3.44. The number of halogens is 1. The molecule has 0 aliphatic heterocycles. The first-order valence-corrected chi connectivity index (χ1v) is 7.79. The highest BCUT2D eigenvalue weighted by Crippen LogP contribution is 2.29. The molecule has 0 atom stereocenters. The molecular formula is C17H17ClN4O2. The summed E-state index contributed by atoms with van der Waals surface area (Å²) in [7, 11) is 1.61. The molecule has 1 aromatic carbocycles. The lowest BCUT2D eigenvalue weighted by atomic mass is 10.2. The van der Waals surface area contributed by atoms with Crippen LogP contribution in [0.5, 0.6) is 11.5 Å². The number of aromatic nitrogens is 3. The second-order valence-electron chi connectivity index (χ2n) is 5.04. The Hall–Kier alpha value is -2.73. The summed E-state index contributed by atoms with van der Waals surface area (Å²) in [5, 5.41) is 8.74. The van der Waals surface area contributed by atoms with E-state index in [0.29, 0.717) is 40.3 Å². The summed E-state index contributed by atoms with van der Waals surface area (Å²) in [6.45, 7) is 2.51. The van der Waals surface area contributed by atoms with Gasteiger partial charge in [-0.2, -0.15) is 0 Å². The van der Waals surface area contributed by atoms with E-state index in [1.165, 1.54) is 0 Å². The van der Waals surface area contributed by atoms with E-state index in [2.05, 4.69) is 10.2 Å². The second-order valence-corrected chi connectivity index (χ2v) is 5.48. The molecule has 3 rings (SSSR count). The summed E-state index contributed by atoms with van der Waals surface area (Å²) in [5.74, 6) is 2.02. The van der Waals surface area contributed by atoms with E-state index in [-0.39, 0.29) is 0 Å². The molecule has 7 heteroatoms. The van der Waals surface area contributed by atoms with Crippen molar-refractivity contribution in [3.05, 3.63) is 46.9 Å². The number of hydrogen-bond donors (Lipinski definition) is 1. The van der Waals surface area contributed by atoms with Crippen LogP contribution in [0.3, 0.4) is 0 Å².